The van der Waals surface area contributed by atoms with E-state index in [4.69, 9.17) is 14.2 Å². The van der Waals surface area contributed by atoms with Gasteiger partial charge in [0.15, 0.2) is 17.6 Å². The lowest BCUT2D eigenvalue weighted by Crippen LogP contribution is -2.63. The molecule has 2 spiro atoms. The minimum Gasteiger partial charge on any atom is -0.479 e. The molecule has 1 unspecified atom stereocenters. The number of ether oxygens (including phenoxy) is 3. The maximum atomic E-state index is 13.1. The van der Waals surface area contributed by atoms with Gasteiger partial charge in [0, 0.05) is 37.2 Å². The third-order valence-corrected chi connectivity index (χ3v) is 9.26. The largest absolute Gasteiger partial charge is 0.534 e. The van der Waals surface area contributed by atoms with Crippen LogP contribution in [0.3, 0.4) is 0 Å². The number of nitrogens with zero attached hydrogens (tertiary/aromatic N) is 1. The van der Waals surface area contributed by atoms with Gasteiger partial charge in [-0.25, -0.2) is 0 Å². The van der Waals surface area contributed by atoms with E-state index < -0.39 is 38.7 Å². The third kappa shape index (κ3) is 2.69. The molecule has 0 N–H and O–H groups in total. The topological polar surface area (TPSA) is 74.3 Å². The molecule has 0 aromatic heterocycles. The number of allylic oxidation sites excluding steroid dienone is 1. The molecule has 7 rings (SSSR count). The number of hydrogen-bond acceptors (Lipinski definition) is 7. The fourth-order valence-electron chi connectivity index (χ4n) is 6.79. The fraction of sp³-hybridized carbons (Fsp3) is 0.652. The van der Waals surface area contributed by atoms with Crippen molar-refractivity contribution >= 4 is 10.1 Å². The molecule has 11 heteroatoms. The van der Waals surface area contributed by atoms with Crippen molar-refractivity contribution in [2.45, 2.75) is 61.3 Å². The van der Waals surface area contributed by atoms with E-state index >= 15 is 0 Å². The van der Waals surface area contributed by atoms with Gasteiger partial charge in [-0.05, 0) is 48.8 Å². The van der Waals surface area contributed by atoms with Gasteiger partial charge < -0.3 is 23.3 Å². The van der Waals surface area contributed by atoms with Gasteiger partial charge in [0.25, 0.3) is 0 Å². The van der Waals surface area contributed by atoms with Crippen LogP contribution in [0, 0.1) is 5.92 Å². The smallest absolute Gasteiger partial charge is 0.479 e. The molecule has 1 saturated heterocycles. The molecule has 34 heavy (non-hydrogen) atoms. The highest BCUT2D eigenvalue weighted by molar-refractivity contribution is 7.88. The maximum Gasteiger partial charge on any atom is 0.534 e. The molecule has 0 amide bonds. The van der Waals surface area contributed by atoms with E-state index in [1.165, 1.54) is 30.2 Å². The summed E-state index contributed by atoms with van der Waals surface area (Å²) in [5.41, 5.74) is -1.97. The van der Waals surface area contributed by atoms with Gasteiger partial charge in [-0.3, -0.25) is 0 Å². The monoisotopic (exact) mass is 499 g/mol. The van der Waals surface area contributed by atoms with Gasteiger partial charge in [-0.1, -0.05) is 6.07 Å². The molecule has 3 aliphatic carbocycles. The first-order chi connectivity index (χ1) is 16.1. The first-order valence-electron chi connectivity index (χ1n) is 11.7. The molecule has 2 bridgehead atoms. The Labute approximate surface area is 194 Å². The number of fused-ring (bicyclic) bond motifs is 1. The minimum atomic E-state index is -5.84. The van der Waals surface area contributed by atoms with Crippen LogP contribution in [0.1, 0.15) is 43.2 Å². The van der Waals surface area contributed by atoms with Crippen molar-refractivity contribution < 1.29 is 40.0 Å². The van der Waals surface area contributed by atoms with Gasteiger partial charge in [0.2, 0.25) is 5.79 Å². The molecule has 1 aromatic carbocycles. The summed E-state index contributed by atoms with van der Waals surface area (Å²) in [7, 11) is -5.84. The lowest BCUT2D eigenvalue weighted by Gasteiger charge is -2.55. The molecule has 6 aliphatic rings. The van der Waals surface area contributed by atoms with Crippen LogP contribution in [0.4, 0.5) is 13.2 Å². The van der Waals surface area contributed by atoms with Crippen LogP contribution in [-0.4, -0.2) is 57.0 Å². The lowest BCUT2D eigenvalue weighted by atomic mass is 9.56. The Morgan fingerprint density at radius 2 is 1.91 bits per heavy atom. The highest BCUT2D eigenvalue weighted by Crippen LogP contribution is 2.66. The van der Waals surface area contributed by atoms with Crippen LogP contribution in [0.25, 0.3) is 0 Å². The zero-order valence-corrected chi connectivity index (χ0v) is 19.1. The van der Waals surface area contributed by atoms with E-state index in [0.717, 1.165) is 36.6 Å². The highest BCUT2D eigenvalue weighted by Gasteiger charge is 2.69. The molecule has 7 nitrogen and oxygen atoms in total. The summed E-state index contributed by atoms with van der Waals surface area (Å²) in [4.78, 5) is 2.48. The molecular weight excluding hydrogens is 475 g/mol. The van der Waals surface area contributed by atoms with E-state index in [2.05, 4.69) is 9.08 Å². The minimum absolute atomic E-state index is 0.0721. The van der Waals surface area contributed by atoms with Gasteiger partial charge >= 0.3 is 15.6 Å². The normalized spacial score (nSPS) is 31.0. The number of alkyl halides is 3. The second kappa shape index (κ2) is 6.61. The SMILES string of the molecule is O=S(=O)(Oc1ccc2c3c1OC1C4(CCC5=C(C2)N(CC2CC2)CC[C@]531)OCCO4)C(F)(F)F. The van der Waals surface area contributed by atoms with E-state index in [-0.39, 0.29) is 5.75 Å². The van der Waals surface area contributed by atoms with Gasteiger partial charge in [-0.2, -0.15) is 21.6 Å². The van der Waals surface area contributed by atoms with Crippen molar-refractivity contribution in [3.05, 3.63) is 34.5 Å². The number of rotatable bonds is 4. The summed E-state index contributed by atoms with van der Waals surface area (Å²) in [6.45, 7) is 2.64. The number of halogens is 3. The Kier molecular flexibility index (Phi) is 4.15. The standard InChI is InChI=1S/C23H24F3NO6S/c24-23(25,26)34(28,29)33-17-4-3-14-11-16-15-5-6-22(30-9-10-31-22)20-21(15,18(14)19(17)32-20)7-8-27(16)12-13-1-2-13/h3-4,13,20H,1-2,5-12H2/t20?,21-/m0/s1. The quantitative estimate of drug-likeness (QED) is 0.465. The fourth-order valence-corrected chi connectivity index (χ4v) is 7.25. The van der Waals surface area contributed by atoms with Crippen molar-refractivity contribution in [1.29, 1.82) is 0 Å². The van der Waals surface area contributed by atoms with Crippen molar-refractivity contribution in [1.82, 2.24) is 4.90 Å². The molecule has 1 aromatic rings. The molecule has 0 radical (unpaired) electrons. The molecule has 2 saturated carbocycles. The summed E-state index contributed by atoms with van der Waals surface area (Å²) >= 11 is 0. The Morgan fingerprint density at radius 1 is 1.15 bits per heavy atom. The Morgan fingerprint density at radius 3 is 2.62 bits per heavy atom. The average Bonchev–Trinajstić information content (AvgIpc) is 3.34. The van der Waals surface area contributed by atoms with Crippen molar-refractivity contribution in [2.75, 3.05) is 26.3 Å². The van der Waals surface area contributed by atoms with E-state index in [1.807, 2.05) is 0 Å². The van der Waals surface area contributed by atoms with Crippen LogP contribution in [0.5, 0.6) is 11.5 Å². The zero-order chi connectivity index (χ0) is 23.5. The Balaban J connectivity index is 1.40. The second-order valence-corrected chi connectivity index (χ2v) is 11.7. The predicted octanol–water partition coefficient (Wildman–Crippen LogP) is 3.38. The predicted molar refractivity (Wildman–Crippen MR) is 112 cm³/mol. The highest BCUT2D eigenvalue weighted by atomic mass is 32.2. The zero-order valence-electron chi connectivity index (χ0n) is 18.3. The Hall–Kier alpha value is -1.98. The summed E-state index contributed by atoms with van der Waals surface area (Å²) in [6, 6.07) is 2.96. The first-order valence-corrected chi connectivity index (χ1v) is 13.1. The molecule has 3 heterocycles. The average molecular weight is 500 g/mol. The van der Waals surface area contributed by atoms with Crippen molar-refractivity contribution in [3.63, 3.8) is 0 Å². The number of benzene rings is 1. The van der Waals surface area contributed by atoms with E-state index in [9.17, 15) is 21.6 Å². The third-order valence-electron chi connectivity index (χ3n) is 8.30. The summed E-state index contributed by atoms with van der Waals surface area (Å²) in [5, 5.41) is 0. The number of hydrogen-bond donors (Lipinski definition) is 0. The molecular formula is C23H24F3NO6S. The maximum absolute atomic E-state index is 13.1. The van der Waals surface area contributed by atoms with Crippen LogP contribution >= 0.6 is 0 Å². The van der Waals surface area contributed by atoms with Gasteiger partial charge in [0.05, 0.1) is 18.6 Å². The molecule has 3 fully saturated rings. The summed E-state index contributed by atoms with van der Waals surface area (Å²) < 4.78 is 86.2. The van der Waals surface area contributed by atoms with Crippen LogP contribution in [-0.2, 0) is 31.4 Å². The van der Waals surface area contributed by atoms with Crippen LogP contribution in [0.15, 0.2) is 23.4 Å². The summed E-state index contributed by atoms with van der Waals surface area (Å²) in [5.74, 6) is -0.658. The van der Waals surface area contributed by atoms with Crippen LogP contribution < -0.4 is 8.92 Å². The van der Waals surface area contributed by atoms with E-state index in [0.29, 0.717) is 32.5 Å². The van der Waals surface area contributed by atoms with Crippen molar-refractivity contribution in [2.24, 2.45) is 5.92 Å². The molecule has 2 atom stereocenters. The molecule has 184 valence electrons. The Bertz CT molecular complexity index is 1220. The van der Waals surface area contributed by atoms with Crippen LogP contribution in [0.2, 0.25) is 0 Å². The lowest BCUT2D eigenvalue weighted by molar-refractivity contribution is -0.235. The van der Waals surface area contributed by atoms with Gasteiger partial charge in [-0.15, -0.1) is 0 Å². The van der Waals surface area contributed by atoms with E-state index in [1.54, 1.807) is 6.07 Å². The molecule has 3 aliphatic heterocycles. The second-order valence-electron chi connectivity index (χ2n) is 10.1. The van der Waals surface area contributed by atoms with Gasteiger partial charge in [0.1, 0.15) is 0 Å². The summed E-state index contributed by atoms with van der Waals surface area (Å²) in [6.07, 6.45) is 4.54. The first kappa shape index (κ1) is 21.3. The van der Waals surface area contributed by atoms with Crippen molar-refractivity contribution in [3.8, 4) is 11.5 Å².